The highest BCUT2D eigenvalue weighted by Crippen LogP contribution is 2.15. The van der Waals surface area contributed by atoms with Gasteiger partial charge in [0.25, 0.3) is 0 Å². The molecule has 0 fully saturated rings. The molecule has 1 rings (SSSR count). The molecule has 0 bridgehead atoms. The summed E-state index contributed by atoms with van der Waals surface area (Å²) in [6.07, 6.45) is 0.485. The summed E-state index contributed by atoms with van der Waals surface area (Å²) in [6.45, 7) is 1.86. The molecule has 0 spiro atoms. The summed E-state index contributed by atoms with van der Waals surface area (Å²) in [5.74, 6) is -1.95. The van der Waals surface area contributed by atoms with Crippen LogP contribution in [0.3, 0.4) is 0 Å². The second-order valence-electron chi connectivity index (χ2n) is 3.54. The highest BCUT2D eigenvalue weighted by atomic mass is 32.2. The van der Waals surface area contributed by atoms with E-state index in [0.717, 1.165) is 12.1 Å². The first-order valence-electron chi connectivity index (χ1n) is 5.08. The van der Waals surface area contributed by atoms with E-state index < -0.39 is 32.6 Å². The molecule has 0 aliphatic rings. The zero-order valence-corrected chi connectivity index (χ0v) is 10.1. The van der Waals surface area contributed by atoms with Gasteiger partial charge in [0.2, 0.25) is 10.0 Å². The van der Waals surface area contributed by atoms with Crippen molar-refractivity contribution in [1.29, 1.82) is 0 Å². The number of rotatable bonds is 5. The molecule has 17 heavy (non-hydrogen) atoms. The molecule has 4 nitrogen and oxygen atoms in total. The van der Waals surface area contributed by atoms with Crippen LogP contribution in [0, 0.1) is 11.6 Å². The standard InChI is InChI=1S/C10H14F2N2O2S/c1-2-8(6-13)14-17(15,16)10-4-3-7(11)5-9(10)12/h3-5,8,14H,2,6,13H2,1H3. The van der Waals surface area contributed by atoms with E-state index in [1.165, 1.54) is 0 Å². The molecular formula is C10H14F2N2O2S. The summed E-state index contributed by atoms with van der Waals surface area (Å²) in [5.41, 5.74) is 5.35. The van der Waals surface area contributed by atoms with Crippen LogP contribution >= 0.6 is 0 Å². The zero-order chi connectivity index (χ0) is 13.1. The number of sulfonamides is 1. The van der Waals surface area contributed by atoms with Crippen LogP contribution in [-0.2, 0) is 10.0 Å². The fourth-order valence-corrected chi connectivity index (χ4v) is 2.67. The van der Waals surface area contributed by atoms with Crippen LogP contribution in [-0.4, -0.2) is 21.0 Å². The van der Waals surface area contributed by atoms with Crippen molar-refractivity contribution >= 4 is 10.0 Å². The number of nitrogens with one attached hydrogen (secondary N) is 1. The molecule has 1 aromatic carbocycles. The lowest BCUT2D eigenvalue weighted by atomic mass is 10.2. The highest BCUT2D eigenvalue weighted by Gasteiger charge is 2.22. The molecule has 1 atom stereocenters. The lowest BCUT2D eigenvalue weighted by Gasteiger charge is -2.15. The minimum absolute atomic E-state index is 0.110. The summed E-state index contributed by atoms with van der Waals surface area (Å²) < 4.78 is 51.8. The summed E-state index contributed by atoms with van der Waals surface area (Å²) >= 11 is 0. The van der Waals surface area contributed by atoms with E-state index in [2.05, 4.69) is 4.72 Å². The summed E-state index contributed by atoms with van der Waals surface area (Å²) in [4.78, 5) is -0.578. The monoisotopic (exact) mass is 264 g/mol. The molecule has 3 N–H and O–H groups in total. The third kappa shape index (κ3) is 3.45. The molecular weight excluding hydrogens is 250 g/mol. The molecule has 0 radical (unpaired) electrons. The van der Waals surface area contributed by atoms with Crippen LogP contribution in [0.2, 0.25) is 0 Å². The predicted octanol–water partition coefficient (Wildman–Crippen LogP) is 0.980. The number of benzene rings is 1. The lowest BCUT2D eigenvalue weighted by Crippen LogP contribution is -2.39. The van der Waals surface area contributed by atoms with E-state index in [0.29, 0.717) is 12.5 Å². The van der Waals surface area contributed by atoms with Crippen molar-refractivity contribution in [1.82, 2.24) is 4.72 Å². The number of hydrogen-bond donors (Lipinski definition) is 2. The van der Waals surface area contributed by atoms with Gasteiger partial charge < -0.3 is 5.73 Å². The van der Waals surface area contributed by atoms with Crippen molar-refractivity contribution in [3.05, 3.63) is 29.8 Å². The van der Waals surface area contributed by atoms with E-state index in [1.807, 2.05) is 0 Å². The third-order valence-electron chi connectivity index (χ3n) is 2.28. The van der Waals surface area contributed by atoms with Crippen LogP contribution in [0.1, 0.15) is 13.3 Å². The van der Waals surface area contributed by atoms with Gasteiger partial charge in [0.05, 0.1) is 0 Å². The predicted molar refractivity (Wildman–Crippen MR) is 59.8 cm³/mol. The van der Waals surface area contributed by atoms with Crippen LogP contribution in [0.4, 0.5) is 8.78 Å². The van der Waals surface area contributed by atoms with Crippen LogP contribution in [0.15, 0.2) is 23.1 Å². The van der Waals surface area contributed by atoms with Gasteiger partial charge in [-0.25, -0.2) is 21.9 Å². The van der Waals surface area contributed by atoms with Crippen molar-refractivity contribution in [2.24, 2.45) is 5.73 Å². The Morgan fingerprint density at radius 1 is 1.41 bits per heavy atom. The molecule has 0 amide bonds. The van der Waals surface area contributed by atoms with Gasteiger partial charge in [0.1, 0.15) is 16.5 Å². The van der Waals surface area contributed by atoms with Gasteiger partial charge in [-0.15, -0.1) is 0 Å². The molecule has 7 heteroatoms. The fourth-order valence-electron chi connectivity index (χ4n) is 1.27. The van der Waals surface area contributed by atoms with E-state index in [1.54, 1.807) is 6.92 Å². The fraction of sp³-hybridized carbons (Fsp3) is 0.400. The van der Waals surface area contributed by atoms with Crippen molar-refractivity contribution < 1.29 is 17.2 Å². The molecule has 0 aliphatic heterocycles. The zero-order valence-electron chi connectivity index (χ0n) is 9.28. The maximum atomic E-state index is 13.3. The second kappa shape index (κ2) is 5.52. The van der Waals surface area contributed by atoms with Gasteiger partial charge in [-0.3, -0.25) is 0 Å². The van der Waals surface area contributed by atoms with Gasteiger partial charge in [-0.05, 0) is 18.6 Å². The lowest BCUT2D eigenvalue weighted by molar-refractivity contribution is 0.524. The third-order valence-corrected chi connectivity index (χ3v) is 3.84. The van der Waals surface area contributed by atoms with E-state index in [9.17, 15) is 17.2 Å². The van der Waals surface area contributed by atoms with Crippen LogP contribution in [0.5, 0.6) is 0 Å². The largest absolute Gasteiger partial charge is 0.329 e. The highest BCUT2D eigenvalue weighted by molar-refractivity contribution is 7.89. The molecule has 0 aliphatic carbocycles. The molecule has 1 unspecified atom stereocenters. The summed E-state index contributed by atoms with van der Waals surface area (Å²) in [6, 6.07) is 1.83. The molecule has 0 heterocycles. The van der Waals surface area contributed by atoms with Gasteiger partial charge in [0, 0.05) is 18.7 Å². The molecule has 1 aromatic rings. The minimum atomic E-state index is -4.00. The van der Waals surface area contributed by atoms with E-state index in [-0.39, 0.29) is 6.54 Å². The second-order valence-corrected chi connectivity index (χ2v) is 5.22. The first kappa shape index (κ1) is 14.0. The smallest absolute Gasteiger partial charge is 0.243 e. The van der Waals surface area contributed by atoms with Gasteiger partial charge in [-0.2, -0.15) is 0 Å². The molecule has 0 saturated heterocycles. The molecule has 96 valence electrons. The minimum Gasteiger partial charge on any atom is -0.329 e. The van der Waals surface area contributed by atoms with E-state index >= 15 is 0 Å². The Kier molecular flexibility index (Phi) is 4.55. The van der Waals surface area contributed by atoms with Gasteiger partial charge >= 0.3 is 0 Å². The summed E-state index contributed by atoms with van der Waals surface area (Å²) in [5, 5.41) is 0. The van der Waals surface area contributed by atoms with Crippen molar-refractivity contribution in [2.45, 2.75) is 24.3 Å². The normalized spacial score (nSPS) is 13.6. The van der Waals surface area contributed by atoms with Crippen molar-refractivity contribution in [2.75, 3.05) is 6.54 Å². The number of hydrogen-bond acceptors (Lipinski definition) is 3. The van der Waals surface area contributed by atoms with Crippen LogP contribution in [0.25, 0.3) is 0 Å². The topological polar surface area (TPSA) is 72.2 Å². The summed E-state index contributed by atoms with van der Waals surface area (Å²) in [7, 11) is -4.00. The SMILES string of the molecule is CCC(CN)NS(=O)(=O)c1ccc(F)cc1F. The average Bonchev–Trinajstić information content (AvgIpc) is 2.25. The van der Waals surface area contributed by atoms with Gasteiger partial charge in [-0.1, -0.05) is 6.92 Å². The first-order valence-corrected chi connectivity index (χ1v) is 6.56. The Morgan fingerprint density at radius 2 is 2.06 bits per heavy atom. The maximum Gasteiger partial charge on any atom is 0.243 e. The number of halogens is 2. The average molecular weight is 264 g/mol. The Balaban J connectivity index is 3.05. The number of nitrogens with two attached hydrogens (primary N) is 1. The first-order chi connectivity index (χ1) is 7.90. The Hall–Kier alpha value is -1.05. The van der Waals surface area contributed by atoms with E-state index in [4.69, 9.17) is 5.73 Å². The Labute approximate surface area is 98.9 Å². The van der Waals surface area contributed by atoms with Crippen LogP contribution < -0.4 is 10.5 Å². The molecule has 0 aromatic heterocycles. The Bertz CT molecular complexity index is 487. The maximum absolute atomic E-state index is 13.3. The van der Waals surface area contributed by atoms with Gasteiger partial charge in [0.15, 0.2) is 0 Å². The van der Waals surface area contributed by atoms with Crippen molar-refractivity contribution in [3.8, 4) is 0 Å². The Morgan fingerprint density at radius 3 is 2.53 bits per heavy atom. The molecule has 0 saturated carbocycles. The quantitative estimate of drug-likeness (QED) is 0.832. The van der Waals surface area contributed by atoms with Crippen molar-refractivity contribution in [3.63, 3.8) is 0 Å².